The molecule has 0 N–H and O–H groups in total. The van der Waals surface area contributed by atoms with Gasteiger partial charge in [-0.1, -0.05) is 40.3 Å². The Morgan fingerprint density at radius 3 is 1.50 bits per heavy atom. The summed E-state index contributed by atoms with van der Waals surface area (Å²) < 4.78 is 0. The van der Waals surface area contributed by atoms with Gasteiger partial charge in [-0.3, -0.25) is 0 Å². The molecule has 0 aliphatic heterocycles. The Hall–Kier alpha value is -0.780. The van der Waals surface area contributed by atoms with Gasteiger partial charge in [0, 0.05) is 0 Å². The van der Waals surface area contributed by atoms with Crippen LogP contribution in [0.4, 0.5) is 0 Å². The predicted octanol–water partition coefficient (Wildman–Crippen LogP) is 4.55. The lowest BCUT2D eigenvalue weighted by Crippen LogP contribution is -2.12. The van der Waals surface area contributed by atoms with Crippen molar-refractivity contribution in [2.24, 2.45) is 0 Å². The summed E-state index contributed by atoms with van der Waals surface area (Å²) in [4.78, 5) is 0. The van der Waals surface area contributed by atoms with Crippen LogP contribution in [0, 0.1) is 20.8 Å². The highest BCUT2D eigenvalue weighted by Gasteiger charge is 2.14. The molecule has 0 aromatic heterocycles. The van der Waals surface area contributed by atoms with Gasteiger partial charge in [0.15, 0.2) is 0 Å². The van der Waals surface area contributed by atoms with Gasteiger partial charge in [-0.15, -0.1) is 0 Å². The Balaban J connectivity index is 0.00000169. The van der Waals surface area contributed by atoms with Crippen molar-refractivity contribution >= 4 is 0 Å². The van der Waals surface area contributed by atoms with E-state index < -0.39 is 0 Å². The minimum atomic E-state index is 0. The van der Waals surface area contributed by atoms with Gasteiger partial charge in [0.25, 0.3) is 0 Å². The molecular formula is C14H24. The fourth-order valence-corrected chi connectivity index (χ4v) is 1.47. The van der Waals surface area contributed by atoms with E-state index in [0.29, 0.717) is 0 Å². The van der Waals surface area contributed by atoms with E-state index >= 15 is 0 Å². The summed E-state index contributed by atoms with van der Waals surface area (Å²) >= 11 is 0. The van der Waals surface area contributed by atoms with Crippen LogP contribution in [0.15, 0.2) is 12.1 Å². The fourth-order valence-electron chi connectivity index (χ4n) is 1.47. The van der Waals surface area contributed by atoms with Crippen LogP contribution < -0.4 is 0 Å². The molecule has 0 radical (unpaired) electrons. The van der Waals surface area contributed by atoms with Gasteiger partial charge in [0.05, 0.1) is 0 Å². The highest BCUT2D eigenvalue weighted by molar-refractivity contribution is 5.39. The zero-order valence-electron chi connectivity index (χ0n) is 9.65. The average molecular weight is 192 g/mol. The lowest BCUT2D eigenvalue weighted by atomic mass is 9.84. The molecule has 0 nitrogen and oxygen atoms in total. The van der Waals surface area contributed by atoms with E-state index in [1.165, 1.54) is 22.3 Å². The smallest absolute Gasteiger partial charge is 0.0132 e. The molecule has 80 valence electrons. The normalized spacial score (nSPS) is 11.0. The molecule has 0 heteroatoms. The summed E-state index contributed by atoms with van der Waals surface area (Å²) in [5, 5.41) is 0. The summed E-state index contributed by atoms with van der Waals surface area (Å²) in [6.45, 7) is 13.4. The maximum atomic E-state index is 2.31. The molecule has 0 atom stereocenters. The monoisotopic (exact) mass is 192 g/mol. The molecule has 0 aliphatic rings. The number of hydrogen-bond acceptors (Lipinski definition) is 0. The lowest BCUT2D eigenvalue weighted by molar-refractivity contribution is 0.589. The first-order valence-electron chi connectivity index (χ1n) is 4.90. The third-order valence-electron chi connectivity index (χ3n) is 2.79. The first-order valence-corrected chi connectivity index (χ1v) is 4.90. The summed E-state index contributed by atoms with van der Waals surface area (Å²) in [7, 11) is 0. The summed E-state index contributed by atoms with van der Waals surface area (Å²) in [6.07, 6.45) is 0. The molecule has 0 amide bonds. The molecule has 0 spiro atoms. The topological polar surface area (TPSA) is 0 Å². The Morgan fingerprint density at radius 1 is 0.857 bits per heavy atom. The minimum Gasteiger partial charge on any atom is -0.0776 e. The number of benzene rings is 1. The third-order valence-corrected chi connectivity index (χ3v) is 2.79. The largest absolute Gasteiger partial charge is 0.0776 e. The molecule has 14 heavy (non-hydrogen) atoms. The lowest BCUT2D eigenvalue weighted by Gasteiger charge is -2.21. The molecule has 0 heterocycles. The Morgan fingerprint density at radius 2 is 1.21 bits per heavy atom. The zero-order valence-corrected chi connectivity index (χ0v) is 9.65. The van der Waals surface area contributed by atoms with Crippen LogP contribution in [-0.2, 0) is 5.41 Å². The van der Waals surface area contributed by atoms with Gasteiger partial charge in [0.1, 0.15) is 0 Å². The average Bonchev–Trinajstić information content (AvgIpc) is 1.97. The Bertz CT molecular complexity index is 290. The zero-order chi connectivity index (χ0) is 10.2. The molecule has 0 bridgehead atoms. The molecule has 1 rings (SSSR count). The van der Waals surface area contributed by atoms with Crippen molar-refractivity contribution < 1.29 is 0 Å². The van der Waals surface area contributed by atoms with E-state index in [0.717, 1.165) is 0 Å². The van der Waals surface area contributed by atoms with E-state index in [4.69, 9.17) is 0 Å². The van der Waals surface area contributed by atoms with Crippen molar-refractivity contribution in [2.75, 3.05) is 0 Å². The number of rotatable bonds is 0. The Labute approximate surface area is 89.4 Å². The molecular weight excluding hydrogens is 168 g/mol. The van der Waals surface area contributed by atoms with Crippen LogP contribution in [0.25, 0.3) is 0 Å². The van der Waals surface area contributed by atoms with Crippen LogP contribution in [0.2, 0.25) is 0 Å². The second-order valence-corrected chi connectivity index (χ2v) is 4.99. The van der Waals surface area contributed by atoms with Crippen LogP contribution in [0.5, 0.6) is 0 Å². The van der Waals surface area contributed by atoms with Crippen molar-refractivity contribution in [1.29, 1.82) is 0 Å². The number of hydrogen-bond donors (Lipinski definition) is 0. The highest BCUT2D eigenvalue weighted by Crippen LogP contribution is 2.26. The van der Waals surface area contributed by atoms with Gasteiger partial charge in [0.2, 0.25) is 0 Å². The van der Waals surface area contributed by atoms with Crippen molar-refractivity contribution in [3.63, 3.8) is 0 Å². The van der Waals surface area contributed by atoms with Crippen LogP contribution in [-0.4, -0.2) is 0 Å². The van der Waals surface area contributed by atoms with Crippen LogP contribution >= 0.6 is 0 Å². The standard InChI is InChI=1S/C13H20.CH4/c1-9-7-12(13(4,5)6)8-10(2)11(9)3;/h7-8H,1-6H3;1H4. The third kappa shape index (κ3) is 2.60. The summed E-state index contributed by atoms with van der Waals surface area (Å²) in [5.74, 6) is 0. The van der Waals surface area contributed by atoms with E-state index in [-0.39, 0.29) is 12.8 Å². The molecule has 0 aliphatic carbocycles. The maximum absolute atomic E-state index is 2.31. The first-order chi connectivity index (χ1) is 5.82. The second-order valence-electron chi connectivity index (χ2n) is 4.99. The van der Waals surface area contributed by atoms with E-state index in [9.17, 15) is 0 Å². The van der Waals surface area contributed by atoms with Crippen molar-refractivity contribution in [3.8, 4) is 0 Å². The van der Waals surface area contributed by atoms with E-state index in [1.54, 1.807) is 0 Å². The van der Waals surface area contributed by atoms with Crippen LogP contribution in [0.3, 0.4) is 0 Å². The van der Waals surface area contributed by atoms with Gasteiger partial charge in [-0.25, -0.2) is 0 Å². The maximum Gasteiger partial charge on any atom is -0.0132 e. The van der Waals surface area contributed by atoms with Crippen molar-refractivity contribution in [3.05, 3.63) is 34.4 Å². The quantitative estimate of drug-likeness (QED) is 0.566. The SMILES string of the molecule is C.Cc1cc(C(C)(C)C)cc(C)c1C. The highest BCUT2D eigenvalue weighted by atomic mass is 14.2. The van der Waals surface area contributed by atoms with Gasteiger partial charge in [-0.05, 0) is 48.4 Å². The van der Waals surface area contributed by atoms with Gasteiger partial charge >= 0.3 is 0 Å². The van der Waals surface area contributed by atoms with Crippen molar-refractivity contribution in [2.45, 2.75) is 54.4 Å². The summed E-state index contributed by atoms with van der Waals surface area (Å²) in [5.41, 5.74) is 5.94. The molecule has 0 fully saturated rings. The molecule has 1 aromatic carbocycles. The van der Waals surface area contributed by atoms with Crippen molar-refractivity contribution in [1.82, 2.24) is 0 Å². The molecule has 0 unspecified atom stereocenters. The van der Waals surface area contributed by atoms with E-state index in [2.05, 4.69) is 53.7 Å². The number of aryl methyl sites for hydroxylation is 2. The molecule has 0 saturated heterocycles. The van der Waals surface area contributed by atoms with E-state index in [1.807, 2.05) is 0 Å². The molecule has 0 saturated carbocycles. The first kappa shape index (κ1) is 13.2. The van der Waals surface area contributed by atoms with Gasteiger partial charge in [-0.2, -0.15) is 0 Å². The summed E-state index contributed by atoms with van der Waals surface area (Å²) in [6, 6.07) is 4.62. The second kappa shape index (κ2) is 4.16. The van der Waals surface area contributed by atoms with Crippen LogP contribution in [0.1, 0.15) is 50.5 Å². The van der Waals surface area contributed by atoms with Gasteiger partial charge < -0.3 is 0 Å². The minimum absolute atomic E-state index is 0. The Kier molecular flexibility index (Phi) is 3.93. The predicted molar refractivity (Wildman–Crippen MR) is 66.1 cm³/mol. The fraction of sp³-hybridized carbons (Fsp3) is 0.571. The molecule has 1 aromatic rings.